The van der Waals surface area contributed by atoms with Crippen LogP contribution in [0, 0.1) is 0 Å². The van der Waals surface area contributed by atoms with E-state index in [1.54, 1.807) is 50.4 Å². The van der Waals surface area contributed by atoms with Crippen LogP contribution in [0.25, 0.3) is 0 Å². The van der Waals surface area contributed by atoms with Crippen molar-refractivity contribution in [1.29, 1.82) is 0 Å². The lowest BCUT2D eigenvalue weighted by atomic mass is 9.90. The number of fused-ring (bicyclic) bond motifs is 1. The van der Waals surface area contributed by atoms with Crippen LogP contribution in [-0.4, -0.2) is 24.7 Å². The molecule has 1 aromatic heterocycles. The summed E-state index contributed by atoms with van der Waals surface area (Å²) in [6.45, 7) is 0. The first-order chi connectivity index (χ1) is 13.9. The van der Waals surface area contributed by atoms with Gasteiger partial charge in [-0.25, -0.2) is 0 Å². The van der Waals surface area contributed by atoms with Crippen molar-refractivity contribution in [2.24, 2.45) is 7.05 Å². The third-order valence-electron chi connectivity index (χ3n) is 5.06. The zero-order valence-electron chi connectivity index (χ0n) is 16.1. The predicted octanol–water partition coefficient (Wildman–Crippen LogP) is 4.32. The number of benzene rings is 2. The number of rotatable bonds is 4. The number of carbonyl (C=O) groups is 1. The molecule has 2 heterocycles. The molecule has 29 heavy (non-hydrogen) atoms. The van der Waals surface area contributed by atoms with E-state index in [1.807, 2.05) is 18.2 Å². The van der Waals surface area contributed by atoms with Gasteiger partial charge in [-0.05, 0) is 42.0 Å². The molecular formula is C21H19ClN2O4S. The van der Waals surface area contributed by atoms with Gasteiger partial charge < -0.3 is 9.47 Å². The summed E-state index contributed by atoms with van der Waals surface area (Å²) >= 11 is 7.16. The monoisotopic (exact) mass is 430 g/mol. The third-order valence-corrected chi connectivity index (χ3v) is 6.45. The Morgan fingerprint density at radius 2 is 1.72 bits per heavy atom. The maximum Gasteiger partial charge on any atom is 0.308 e. The zero-order valence-corrected chi connectivity index (χ0v) is 17.7. The molecule has 1 aliphatic rings. The molecule has 0 spiro atoms. The molecule has 6 nitrogen and oxygen atoms in total. The zero-order chi connectivity index (χ0) is 20.7. The lowest BCUT2D eigenvalue weighted by molar-refractivity contribution is -0.118. The minimum absolute atomic E-state index is 0.0898. The fourth-order valence-electron chi connectivity index (χ4n) is 3.62. The molecule has 0 aliphatic carbocycles. The van der Waals surface area contributed by atoms with E-state index in [1.165, 1.54) is 4.57 Å². The Labute approximate surface area is 176 Å². The Bertz CT molecular complexity index is 1140. The fraction of sp³-hybridized carbons (Fsp3) is 0.238. The van der Waals surface area contributed by atoms with Crippen molar-refractivity contribution >= 4 is 40.4 Å². The molecule has 2 aromatic carbocycles. The Morgan fingerprint density at radius 3 is 2.38 bits per heavy atom. The highest BCUT2D eigenvalue weighted by Crippen LogP contribution is 2.45. The first kappa shape index (κ1) is 19.5. The van der Waals surface area contributed by atoms with E-state index < -0.39 is 0 Å². The Hall–Kier alpha value is -2.77. The Morgan fingerprint density at radius 1 is 1.03 bits per heavy atom. The quantitative estimate of drug-likeness (QED) is 0.618. The number of thiazole rings is 1. The molecule has 0 saturated heterocycles. The lowest BCUT2D eigenvalue weighted by Crippen LogP contribution is -2.34. The number of halogens is 1. The number of anilines is 2. The van der Waals surface area contributed by atoms with Crippen LogP contribution in [-0.2, 0) is 11.8 Å². The highest BCUT2D eigenvalue weighted by Gasteiger charge is 2.37. The highest BCUT2D eigenvalue weighted by atomic mass is 35.5. The van der Waals surface area contributed by atoms with Crippen LogP contribution in [0.15, 0.2) is 47.3 Å². The number of amides is 1. The minimum Gasteiger partial charge on any atom is -0.493 e. The summed E-state index contributed by atoms with van der Waals surface area (Å²) in [5, 5.41) is 0.584. The average molecular weight is 431 g/mol. The summed E-state index contributed by atoms with van der Waals surface area (Å²) < 4.78 is 12.3. The van der Waals surface area contributed by atoms with Crippen LogP contribution in [0.5, 0.6) is 11.5 Å². The Balaban J connectivity index is 1.86. The smallest absolute Gasteiger partial charge is 0.308 e. The maximum atomic E-state index is 13.2. The second-order valence-corrected chi connectivity index (χ2v) is 8.12. The highest BCUT2D eigenvalue weighted by molar-refractivity contribution is 7.10. The van der Waals surface area contributed by atoms with Gasteiger partial charge in [-0.2, -0.15) is 0 Å². The molecule has 1 unspecified atom stereocenters. The van der Waals surface area contributed by atoms with E-state index in [2.05, 4.69) is 0 Å². The van der Waals surface area contributed by atoms with E-state index in [-0.39, 0.29) is 23.1 Å². The minimum atomic E-state index is -0.236. The van der Waals surface area contributed by atoms with Crippen molar-refractivity contribution in [2.75, 3.05) is 19.1 Å². The molecular weight excluding hydrogens is 412 g/mol. The van der Waals surface area contributed by atoms with Gasteiger partial charge in [0.2, 0.25) is 5.91 Å². The lowest BCUT2D eigenvalue weighted by Gasteiger charge is -2.32. The van der Waals surface area contributed by atoms with E-state index in [4.69, 9.17) is 21.1 Å². The van der Waals surface area contributed by atoms with Crippen LogP contribution in [0.3, 0.4) is 0 Å². The number of aromatic nitrogens is 1. The molecule has 1 amide bonds. The topological polar surface area (TPSA) is 60.8 Å². The first-order valence-electron chi connectivity index (χ1n) is 8.94. The van der Waals surface area contributed by atoms with Gasteiger partial charge in [0.15, 0.2) is 11.5 Å². The van der Waals surface area contributed by atoms with Crippen molar-refractivity contribution in [3.63, 3.8) is 0 Å². The van der Waals surface area contributed by atoms with E-state index >= 15 is 0 Å². The molecule has 150 valence electrons. The molecule has 0 radical (unpaired) electrons. The summed E-state index contributed by atoms with van der Waals surface area (Å²) in [6, 6.07) is 12.6. The third kappa shape index (κ3) is 3.30. The van der Waals surface area contributed by atoms with Crippen molar-refractivity contribution in [3.05, 3.63) is 67.6 Å². The molecule has 0 saturated carbocycles. The van der Waals surface area contributed by atoms with E-state index in [0.717, 1.165) is 21.8 Å². The van der Waals surface area contributed by atoms with Gasteiger partial charge in [-0.1, -0.05) is 29.0 Å². The fourth-order valence-corrected chi connectivity index (χ4v) is 4.84. The van der Waals surface area contributed by atoms with Crippen LogP contribution in [0.2, 0.25) is 5.02 Å². The van der Waals surface area contributed by atoms with Crippen molar-refractivity contribution in [2.45, 2.75) is 12.3 Å². The number of ether oxygens (including phenoxy) is 2. The molecule has 4 rings (SSSR count). The van der Waals surface area contributed by atoms with Gasteiger partial charge >= 0.3 is 4.87 Å². The SMILES string of the molecule is COc1ccc(C2CC(=O)N(c3ccc(Cl)cc3)c3c2sc(=O)n3C)cc1OC. The molecule has 0 fully saturated rings. The van der Waals surface area contributed by atoms with E-state index in [9.17, 15) is 9.59 Å². The maximum absolute atomic E-state index is 13.2. The molecule has 3 aromatic rings. The number of hydrogen-bond acceptors (Lipinski definition) is 5. The molecule has 0 N–H and O–H groups in total. The summed E-state index contributed by atoms with van der Waals surface area (Å²) in [5.41, 5.74) is 1.58. The molecule has 1 atom stereocenters. The second kappa shape index (κ2) is 7.57. The summed E-state index contributed by atoms with van der Waals surface area (Å²) in [4.78, 5) is 28.0. The van der Waals surface area contributed by atoms with Gasteiger partial charge in [-0.3, -0.25) is 19.1 Å². The number of nitrogens with zero attached hydrogens (tertiary/aromatic N) is 2. The number of hydrogen-bond donors (Lipinski definition) is 0. The van der Waals surface area contributed by atoms with Gasteiger partial charge in [-0.15, -0.1) is 0 Å². The van der Waals surface area contributed by atoms with Gasteiger partial charge in [0.25, 0.3) is 0 Å². The van der Waals surface area contributed by atoms with Crippen LogP contribution in [0.1, 0.15) is 22.8 Å². The molecule has 0 bridgehead atoms. The van der Waals surface area contributed by atoms with Gasteiger partial charge in [0.05, 0.1) is 24.8 Å². The van der Waals surface area contributed by atoms with Crippen molar-refractivity contribution in [1.82, 2.24) is 4.57 Å². The average Bonchev–Trinajstić information content (AvgIpc) is 3.02. The predicted molar refractivity (Wildman–Crippen MR) is 114 cm³/mol. The number of carbonyl (C=O) groups excluding carboxylic acids is 1. The first-order valence-corrected chi connectivity index (χ1v) is 10.1. The normalized spacial score (nSPS) is 15.9. The Kier molecular flexibility index (Phi) is 5.10. The second-order valence-electron chi connectivity index (χ2n) is 6.69. The largest absolute Gasteiger partial charge is 0.493 e. The molecule has 1 aliphatic heterocycles. The molecule has 8 heteroatoms. The van der Waals surface area contributed by atoms with Gasteiger partial charge in [0.1, 0.15) is 5.82 Å². The summed E-state index contributed by atoms with van der Waals surface area (Å²) in [5.74, 6) is 1.47. The van der Waals surface area contributed by atoms with E-state index in [0.29, 0.717) is 28.0 Å². The van der Waals surface area contributed by atoms with Crippen LogP contribution < -0.4 is 19.2 Å². The van der Waals surface area contributed by atoms with Gasteiger partial charge in [0, 0.05) is 24.4 Å². The number of methoxy groups -OCH3 is 2. The van der Waals surface area contributed by atoms with Crippen LogP contribution in [0.4, 0.5) is 11.5 Å². The summed E-state index contributed by atoms with van der Waals surface area (Å²) in [6.07, 6.45) is 0.241. The van der Waals surface area contributed by atoms with Crippen molar-refractivity contribution in [3.8, 4) is 11.5 Å². The standard InChI is InChI=1S/C21H19ClN2O4S/c1-23-20-19(29-21(23)26)15(12-4-9-16(27-2)17(10-12)28-3)11-18(25)24(20)14-7-5-13(22)6-8-14/h4-10,15H,11H2,1-3H3. The van der Waals surface area contributed by atoms with Crippen LogP contribution >= 0.6 is 22.9 Å². The summed E-state index contributed by atoms with van der Waals surface area (Å²) in [7, 11) is 4.83. The van der Waals surface area contributed by atoms with Crippen molar-refractivity contribution < 1.29 is 14.3 Å².